The number of nitrogens with one attached hydrogen (secondary N) is 3. The molecule has 3 rings (SSSR count). The standard InChI is InChI=1S/C18H27N3O3S/c1-3-11-25(23,24)21-16-6-4-5-15(13(16)2)20-17(22)14-12-18(14)7-9-19-10-8-18/h4-6,14,19,21H,3,7-12H2,1-2H3,(H,20,22). The van der Waals surface area contributed by atoms with Crippen molar-refractivity contribution in [2.75, 3.05) is 28.9 Å². The van der Waals surface area contributed by atoms with E-state index in [1.165, 1.54) is 0 Å². The topological polar surface area (TPSA) is 87.3 Å². The van der Waals surface area contributed by atoms with Gasteiger partial charge in [-0.25, -0.2) is 8.42 Å². The van der Waals surface area contributed by atoms with Crippen molar-refractivity contribution in [2.24, 2.45) is 11.3 Å². The molecule has 6 nitrogen and oxygen atoms in total. The highest BCUT2D eigenvalue weighted by Gasteiger charge is 2.57. The molecule has 138 valence electrons. The number of anilines is 2. The number of sulfonamides is 1. The second kappa shape index (κ2) is 6.96. The van der Waals surface area contributed by atoms with Gasteiger partial charge in [0.1, 0.15) is 0 Å². The van der Waals surface area contributed by atoms with Gasteiger partial charge in [0.2, 0.25) is 15.9 Å². The molecule has 1 aliphatic heterocycles. The maximum Gasteiger partial charge on any atom is 0.232 e. The molecule has 1 unspecified atom stereocenters. The summed E-state index contributed by atoms with van der Waals surface area (Å²) >= 11 is 0. The van der Waals surface area contributed by atoms with Crippen LogP contribution in [0.4, 0.5) is 11.4 Å². The Morgan fingerprint density at radius 3 is 2.64 bits per heavy atom. The normalized spacial score (nSPS) is 21.8. The first-order valence-electron chi connectivity index (χ1n) is 8.98. The number of rotatable bonds is 6. The fraction of sp³-hybridized carbons (Fsp3) is 0.611. The molecule has 25 heavy (non-hydrogen) atoms. The first kappa shape index (κ1) is 18.2. The zero-order chi connectivity index (χ0) is 18.1. The maximum absolute atomic E-state index is 12.6. The minimum absolute atomic E-state index is 0.0542. The van der Waals surface area contributed by atoms with Gasteiger partial charge in [-0.1, -0.05) is 13.0 Å². The maximum atomic E-state index is 12.6. The Morgan fingerprint density at radius 2 is 1.96 bits per heavy atom. The molecule has 1 amide bonds. The fourth-order valence-electron chi connectivity index (χ4n) is 3.78. The lowest BCUT2D eigenvalue weighted by atomic mass is 9.91. The Hall–Kier alpha value is -1.60. The van der Waals surface area contributed by atoms with E-state index in [1.54, 1.807) is 12.1 Å². The lowest BCUT2D eigenvalue weighted by Crippen LogP contribution is -2.31. The Bertz CT molecular complexity index is 755. The second-order valence-corrected chi connectivity index (χ2v) is 9.10. The Labute approximate surface area is 149 Å². The van der Waals surface area contributed by atoms with Crippen molar-refractivity contribution in [1.82, 2.24) is 5.32 Å². The average molecular weight is 365 g/mol. The number of carbonyl (C=O) groups excluding carboxylic acids is 1. The van der Waals surface area contributed by atoms with Crippen molar-refractivity contribution < 1.29 is 13.2 Å². The summed E-state index contributed by atoms with van der Waals surface area (Å²) in [5.74, 6) is 0.217. The molecule has 0 aromatic heterocycles. The Morgan fingerprint density at radius 1 is 1.28 bits per heavy atom. The van der Waals surface area contributed by atoms with Gasteiger partial charge in [0.15, 0.2) is 0 Å². The number of hydrogen-bond donors (Lipinski definition) is 3. The van der Waals surface area contributed by atoms with Gasteiger partial charge in [0, 0.05) is 11.6 Å². The Kier molecular flexibility index (Phi) is 5.06. The quantitative estimate of drug-likeness (QED) is 0.723. The van der Waals surface area contributed by atoms with Crippen LogP contribution in [0.5, 0.6) is 0 Å². The first-order valence-corrected chi connectivity index (χ1v) is 10.6. The molecule has 1 aromatic carbocycles. The molecule has 0 bridgehead atoms. The van der Waals surface area contributed by atoms with Crippen molar-refractivity contribution in [2.45, 2.75) is 39.5 Å². The van der Waals surface area contributed by atoms with Crippen LogP contribution in [-0.4, -0.2) is 33.2 Å². The molecule has 2 aliphatic rings. The minimum atomic E-state index is -3.35. The van der Waals surface area contributed by atoms with E-state index in [0.717, 1.165) is 37.9 Å². The predicted octanol–water partition coefficient (Wildman–Crippen LogP) is 2.47. The van der Waals surface area contributed by atoms with Gasteiger partial charge in [-0.2, -0.15) is 0 Å². The monoisotopic (exact) mass is 365 g/mol. The smallest absolute Gasteiger partial charge is 0.232 e. The molecule has 1 spiro atoms. The minimum Gasteiger partial charge on any atom is -0.326 e. The summed E-state index contributed by atoms with van der Waals surface area (Å²) in [7, 11) is -3.35. The summed E-state index contributed by atoms with van der Waals surface area (Å²) < 4.78 is 26.6. The third-order valence-corrected chi connectivity index (χ3v) is 6.91. The van der Waals surface area contributed by atoms with Crippen molar-refractivity contribution >= 4 is 27.3 Å². The van der Waals surface area contributed by atoms with Gasteiger partial charge in [-0.3, -0.25) is 9.52 Å². The summed E-state index contributed by atoms with van der Waals surface area (Å²) in [4.78, 5) is 12.6. The summed E-state index contributed by atoms with van der Waals surface area (Å²) in [6.07, 6.45) is 3.63. The van der Waals surface area contributed by atoms with Gasteiger partial charge in [-0.15, -0.1) is 0 Å². The van der Waals surface area contributed by atoms with E-state index in [-0.39, 0.29) is 23.0 Å². The van der Waals surface area contributed by atoms with E-state index < -0.39 is 10.0 Å². The number of hydrogen-bond acceptors (Lipinski definition) is 4. The molecule has 1 aliphatic carbocycles. The molecule has 1 saturated heterocycles. The largest absolute Gasteiger partial charge is 0.326 e. The number of carbonyl (C=O) groups is 1. The zero-order valence-electron chi connectivity index (χ0n) is 14.9. The van der Waals surface area contributed by atoms with Crippen molar-refractivity contribution in [3.05, 3.63) is 23.8 Å². The highest BCUT2D eigenvalue weighted by atomic mass is 32.2. The number of piperidine rings is 1. The van der Waals surface area contributed by atoms with Crippen molar-refractivity contribution in [3.8, 4) is 0 Å². The predicted molar refractivity (Wildman–Crippen MR) is 100 cm³/mol. The highest BCUT2D eigenvalue weighted by molar-refractivity contribution is 7.92. The molecule has 1 aromatic rings. The summed E-state index contributed by atoms with van der Waals surface area (Å²) in [5, 5.41) is 6.35. The van der Waals surface area contributed by atoms with E-state index in [2.05, 4.69) is 15.4 Å². The van der Waals surface area contributed by atoms with Crippen LogP contribution >= 0.6 is 0 Å². The molecule has 1 heterocycles. The van der Waals surface area contributed by atoms with E-state index >= 15 is 0 Å². The van der Waals surface area contributed by atoms with Crippen LogP contribution < -0.4 is 15.4 Å². The molecule has 7 heteroatoms. The lowest BCUT2D eigenvalue weighted by Gasteiger charge is -2.23. The van der Waals surface area contributed by atoms with Gasteiger partial charge >= 0.3 is 0 Å². The highest BCUT2D eigenvalue weighted by Crippen LogP contribution is 2.58. The molecule has 0 radical (unpaired) electrons. The van der Waals surface area contributed by atoms with E-state index in [4.69, 9.17) is 0 Å². The average Bonchev–Trinajstić information content (AvgIpc) is 3.25. The van der Waals surface area contributed by atoms with Crippen LogP contribution in [0.2, 0.25) is 0 Å². The van der Waals surface area contributed by atoms with Crippen LogP contribution in [0.3, 0.4) is 0 Å². The molecule has 1 saturated carbocycles. The molecule has 1 atom stereocenters. The summed E-state index contributed by atoms with van der Waals surface area (Å²) in [6, 6.07) is 5.31. The number of amides is 1. The van der Waals surface area contributed by atoms with Crippen LogP contribution in [0.1, 0.15) is 38.2 Å². The van der Waals surface area contributed by atoms with Crippen LogP contribution in [0.15, 0.2) is 18.2 Å². The van der Waals surface area contributed by atoms with E-state index in [1.807, 2.05) is 19.9 Å². The molecule has 2 fully saturated rings. The molecular formula is C18H27N3O3S. The van der Waals surface area contributed by atoms with Gasteiger partial charge < -0.3 is 10.6 Å². The van der Waals surface area contributed by atoms with Gasteiger partial charge in [0.25, 0.3) is 0 Å². The third kappa shape index (κ3) is 3.98. The molecular weight excluding hydrogens is 338 g/mol. The third-order valence-electron chi connectivity index (χ3n) is 5.44. The van der Waals surface area contributed by atoms with Crippen LogP contribution in [0.25, 0.3) is 0 Å². The van der Waals surface area contributed by atoms with Crippen molar-refractivity contribution in [3.63, 3.8) is 0 Å². The second-order valence-electron chi connectivity index (χ2n) is 7.26. The lowest BCUT2D eigenvalue weighted by molar-refractivity contribution is -0.118. The number of benzene rings is 1. The van der Waals surface area contributed by atoms with E-state index in [9.17, 15) is 13.2 Å². The fourth-order valence-corrected chi connectivity index (χ4v) is 4.98. The SMILES string of the molecule is CCCS(=O)(=O)Nc1cccc(NC(=O)C2CC23CCNCC3)c1C. The van der Waals surface area contributed by atoms with E-state index in [0.29, 0.717) is 17.8 Å². The van der Waals surface area contributed by atoms with Gasteiger partial charge in [-0.05, 0) is 68.8 Å². The summed E-state index contributed by atoms with van der Waals surface area (Å²) in [6.45, 7) is 5.62. The van der Waals surface area contributed by atoms with Crippen LogP contribution in [0, 0.1) is 18.3 Å². The Balaban J connectivity index is 1.69. The first-order chi connectivity index (χ1) is 11.9. The van der Waals surface area contributed by atoms with Gasteiger partial charge in [0.05, 0.1) is 11.4 Å². The van der Waals surface area contributed by atoms with Crippen LogP contribution in [-0.2, 0) is 14.8 Å². The summed E-state index contributed by atoms with van der Waals surface area (Å²) in [5.41, 5.74) is 2.13. The zero-order valence-corrected chi connectivity index (χ0v) is 15.7. The van der Waals surface area contributed by atoms with Crippen molar-refractivity contribution in [1.29, 1.82) is 0 Å². The molecule has 3 N–H and O–H groups in total.